The van der Waals surface area contributed by atoms with Gasteiger partial charge < -0.3 is 10.6 Å². The summed E-state index contributed by atoms with van der Waals surface area (Å²) in [5.74, 6) is 0.102. The summed E-state index contributed by atoms with van der Waals surface area (Å²) < 4.78 is 1.97. The van der Waals surface area contributed by atoms with Gasteiger partial charge in [-0.3, -0.25) is 14.3 Å². The lowest BCUT2D eigenvalue weighted by Crippen LogP contribution is -2.33. The highest BCUT2D eigenvalue weighted by molar-refractivity contribution is 7.12. The molecule has 2 amide bonds. The summed E-state index contributed by atoms with van der Waals surface area (Å²) in [6, 6.07) is 5.64. The lowest BCUT2D eigenvalue weighted by atomic mass is 10.2. The Hall–Kier alpha value is -2.15. The van der Waals surface area contributed by atoms with Gasteiger partial charge in [0.15, 0.2) is 0 Å². The van der Waals surface area contributed by atoms with Crippen LogP contribution in [0.25, 0.3) is 0 Å². The van der Waals surface area contributed by atoms with Gasteiger partial charge in [-0.25, -0.2) is 0 Å². The number of hydrogen-bond donors (Lipinski definition) is 2. The fourth-order valence-electron chi connectivity index (χ4n) is 2.38. The number of aryl methyl sites for hydroxylation is 2. The van der Waals surface area contributed by atoms with Crippen molar-refractivity contribution in [3.8, 4) is 0 Å². The van der Waals surface area contributed by atoms with Crippen molar-refractivity contribution in [1.82, 2.24) is 20.4 Å². The maximum atomic E-state index is 11.9. The number of amides is 2. The molecule has 2 aromatic rings. The van der Waals surface area contributed by atoms with Crippen LogP contribution in [-0.4, -0.2) is 34.7 Å². The van der Waals surface area contributed by atoms with E-state index in [1.54, 1.807) is 6.07 Å². The highest BCUT2D eigenvalue weighted by atomic mass is 32.1. The summed E-state index contributed by atoms with van der Waals surface area (Å²) in [4.78, 5) is 24.3. The molecule has 1 atom stereocenters. The Bertz CT molecular complexity index is 679. The van der Waals surface area contributed by atoms with E-state index in [1.807, 2.05) is 36.0 Å². The smallest absolute Gasteiger partial charge is 0.261 e. The van der Waals surface area contributed by atoms with Gasteiger partial charge in [0.1, 0.15) is 0 Å². The van der Waals surface area contributed by atoms with Crippen molar-refractivity contribution < 1.29 is 9.59 Å². The van der Waals surface area contributed by atoms with Crippen LogP contribution in [0.2, 0.25) is 0 Å². The monoisotopic (exact) mass is 348 g/mol. The van der Waals surface area contributed by atoms with Crippen molar-refractivity contribution in [2.75, 3.05) is 13.1 Å². The first-order chi connectivity index (χ1) is 11.5. The van der Waals surface area contributed by atoms with Crippen molar-refractivity contribution in [2.24, 2.45) is 5.92 Å². The number of rotatable bonds is 8. The maximum absolute atomic E-state index is 11.9. The van der Waals surface area contributed by atoms with Gasteiger partial charge in [0.2, 0.25) is 5.91 Å². The molecule has 2 heterocycles. The molecule has 0 radical (unpaired) electrons. The van der Waals surface area contributed by atoms with E-state index in [4.69, 9.17) is 0 Å². The summed E-state index contributed by atoms with van der Waals surface area (Å²) in [6.07, 6.45) is 0.281. The minimum absolute atomic E-state index is 0.0540. The zero-order valence-electron chi connectivity index (χ0n) is 14.3. The zero-order valence-corrected chi connectivity index (χ0v) is 15.2. The largest absolute Gasteiger partial charge is 0.356 e. The van der Waals surface area contributed by atoms with Crippen molar-refractivity contribution in [1.29, 1.82) is 0 Å². The lowest BCUT2D eigenvalue weighted by Gasteiger charge is -2.14. The first-order valence-corrected chi connectivity index (χ1v) is 8.93. The first-order valence-electron chi connectivity index (χ1n) is 8.05. The highest BCUT2D eigenvalue weighted by Gasteiger charge is 2.10. The van der Waals surface area contributed by atoms with Gasteiger partial charge in [-0.2, -0.15) is 5.10 Å². The molecule has 2 rings (SSSR count). The Morgan fingerprint density at radius 3 is 2.75 bits per heavy atom. The fraction of sp³-hybridized carbons (Fsp3) is 0.471. The van der Waals surface area contributed by atoms with E-state index in [-0.39, 0.29) is 24.2 Å². The minimum atomic E-state index is -0.129. The molecule has 2 N–H and O–H groups in total. The zero-order chi connectivity index (χ0) is 17.5. The second kappa shape index (κ2) is 8.63. The number of hydrogen-bond acceptors (Lipinski definition) is 4. The van der Waals surface area contributed by atoms with Gasteiger partial charge in [0.25, 0.3) is 5.91 Å². The second-order valence-electron chi connectivity index (χ2n) is 6.00. The molecule has 0 bridgehead atoms. The van der Waals surface area contributed by atoms with E-state index in [0.717, 1.165) is 17.9 Å². The predicted molar refractivity (Wildman–Crippen MR) is 95.1 cm³/mol. The third kappa shape index (κ3) is 5.49. The number of carbonyl (C=O) groups excluding carboxylic acids is 2. The van der Waals surface area contributed by atoms with Crippen LogP contribution in [0, 0.1) is 19.8 Å². The molecule has 2 aromatic heterocycles. The number of carbonyl (C=O) groups is 2. The van der Waals surface area contributed by atoms with Gasteiger partial charge >= 0.3 is 0 Å². The van der Waals surface area contributed by atoms with Gasteiger partial charge in [-0.1, -0.05) is 13.0 Å². The SMILES string of the molecule is Cc1cc(C)n(C[C@H](C)CNC(=O)CCNC(=O)c2cccs2)n1. The van der Waals surface area contributed by atoms with Crippen LogP contribution in [0.4, 0.5) is 0 Å². The van der Waals surface area contributed by atoms with Crippen LogP contribution in [0.5, 0.6) is 0 Å². The van der Waals surface area contributed by atoms with Crippen LogP contribution in [0.1, 0.15) is 34.4 Å². The van der Waals surface area contributed by atoms with Crippen molar-refractivity contribution in [2.45, 2.75) is 33.7 Å². The molecule has 130 valence electrons. The standard InChI is InChI=1S/C17H24N4O2S/c1-12(11-21-14(3)9-13(2)20-21)10-19-16(22)6-7-18-17(23)15-5-4-8-24-15/h4-5,8-9,12H,6-7,10-11H2,1-3H3,(H,18,23)(H,19,22)/t12-/m1/s1. The molecule has 0 aliphatic heterocycles. The average molecular weight is 348 g/mol. The molecule has 0 saturated heterocycles. The van der Waals surface area contributed by atoms with Gasteiger partial charge in [-0.15, -0.1) is 11.3 Å². The van der Waals surface area contributed by atoms with E-state index < -0.39 is 0 Å². The third-order valence-corrected chi connectivity index (χ3v) is 4.49. The number of nitrogens with zero attached hydrogens (tertiary/aromatic N) is 2. The number of thiophene rings is 1. The minimum Gasteiger partial charge on any atom is -0.356 e. The Labute approximate surface area is 146 Å². The molecule has 0 fully saturated rings. The van der Waals surface area contributed by atoms with Gasteiger partial charge in [0, 0.05) is 31.7 Å². The van der Waals surface area contributed by atoms with Crippen LogP contribution in [0.3, 0.4) is 0 Å². The summed E-state index contributed by atoms with van der Waals surface area (Å²) in [5.41, 5.74) is 2.13. The first kappa shape index (κ1) is 18.2. The fourth-order valence-corrected chi connectivity index (χ4v) is 3.02. The van der Waals surface area contributed by atoms with Crippen LogP contribution >= 0.6 is 11.3 Å². The summed E-state index contributed by atoms with van der Waals surface area (Å²) in [5, 5.41) is 11.9. The molecule has 0 aliphatic rings. The molecule has 6 nitrogen and oxygen atoms in total. The topological polar surface area (TPSA) is 76.0 Å². The van der Waals surface area contributed by atoms with E-state index in [1.165, 1.54) is 11.3 Å². The van der Waals surface area contributed by atoms with Gasteiger partial charge in [-0.05, 0) is 37.3 Å². The number of aromatic nitrogens is 2. The Balaban J connectivity index is 1.64. The Morgan fingerprint density at radius 1 is 1.33 bits per heavy atom. The third-order valence-electron chi connectivity index (χ3n) is 3.62. The normalized spacial score (nSPS) is 12.0. The van der Waals surface area contributed by atoms with Crippen LogP contribution in [0.15, 0.2) is 23.6 Å². The van der Waals surface area contributed by atoms with Crippen LogP contribution < -0.4 is 10.6 Å². The highest BCUT2D eigenvalue weighted by Crippen LogP contribution is 2.08. The van der Waals surface area contributed by atoms with Crippen molar-refractivity contribution >= 4 is 23.2 Å². The Kier molecular flexibility index (Phi) is 6.54. The molecule has 24 heavy (non-hydrogen) atoms. The Morgan fingerprint density at radius 2 is 2.12 bits per heavy atom. The molecule has 0 aliphatic carbocycles. The lowest BCUT2D eigenvalue weighted by molar-refractivity contribution is -0.121. The number of nitrogens with one attached hydrogen (secondary N) is 2. The molecular formula is C17H24N4O2S. The van der Waals surface area contributed by atoms with E-state index in [9.17, 15) is 9.59 Å². The molecule has 0 saturated carbocycles. The van der Waals surface area contributed by atoms with Crippen LogP contribution in [-0.2, 0) is 11.3 Å². The van der Waals surface area contributed by atoms with E-state index in [0.29, 0.717) is 18.0 Å². The summed E-state index contributed by atoms with van der Waals surface area (Å²) >= 11 is 1.39. The predicted octanol–water partition coefficient (Wildman–Crippen LogP) is 2.13. The molecule has 7 heteroatoms. The molecular weight excluding hydrogens is 324 g/mol. The molecule has 0 aromatic carbocycles. The molecule has 0 spiro atoms. The summed E-state index contributed by atoms with van der Waals surface area (Å²) in [7, 11) is 0. The van der Waals surface area contributed by atoms with Gasteiger partial charge in [0.05, 0.1) is 10.6 Å². The quantitative estimate of drug-likeness (QED) is 0.767. The second-order valence-corrected chi connectivity index (χ2v) is 6.95. The maximum Gasteiger partial charge on any atom is 0.261 e. The van der Waals surface area contributed by atoms with Crippen molar-refractivity contribution in [3.63, 3.8) is 0 Å². The summed E-state index contributed by atoms with van der Waals surface area (Å²) in [6.45, 7) is 7.79. The van der Waals surface area contributed by atoms with Crippen molar-refractivity contribution in [3.05, 3.63) is 39.8 Å². The van der Waals surface area contributed by atoms with E-state index >= 15 is 0 Å². The molecule has 0 unspecified atom stereocenters. The van der Waals surface area contributed by atoms with E-state index in [2.05, 4.69) is 22.7 Å². The average Bonchev–Trinajstić information content (AvgIpc) is 3.15.